The van der Waals surface area contributed by atoms with E-state index in [1.807, 2.05) is 13.8 Å². The Hall–Kier alpha value is -0.370. The van der Waals surface area contributed by atoms with Gasteiger partial charge in [-0.2, -0.15) is 0 Å². The van der Waals surface area contributed by atoms with Gasteiger partial charge >= 0.3 is 0 Å². The molecule has 0 atom stereocenters. The number of ketones is 1. The van der Waals surface area contributed by atoms with Gasteiger partial charge in [-0.15, -0.1) is 0 Å². The molecule has 0 bridgehead atoms. The van der Waals surface area contributed by atoms with Crippen molar-refractivity contribution in [3.05, 3.63) is 0 Å². The Morgan fingerprint density at radius 3 is 2.06 bits per heavy atom. The molecule has 0 aromatic heterocycles. The summed E-state index contributed by atoms with van der Waals surface area (Å²) in [7, 11) is 0. The van der Waals surface area contributed by atoms with Gasteiger partial charge in [0, 0.05) is 18.4 Å². The molecule has 0 saturated carbocycles. The van der Waals surface area contributed by atoms with Gasteiger partial charge in [0.1, 0.15) is 5.78 Å². The largest absolute Gasteiger partial charge is 0.376 e. The second-order valence-corrected chi connectivity index (χ2v) is 5.73. The monoisotopic (exact) mass is 228 g/mol. The van der Waals surface area contributed by atoms with Gasteiger partial charge in [0.25, 0.3) is 0 Å². The third-order valence-electron chi connectivity index (χ3n) is 3.53. The summed E-state index contributed by atoms with van der Waals surface area (Å²) in [6, 6.07) is 0. The second-order valence-electron chi connectivity index (χ2n) is 5.73. The lowest BCUT2D eigenvalue weighted by Crippen LogP contribution is -2.26. The summed E-state index contributed by atoms with van der Waals surface area (Å²) in [6.45, 7) is 13.1. The van der Waals surface area contributed by atoms with Crippen molar-refractivity contribution in [1.29, 1.82) is 0 Å². The van der Waals surface area contributed by atoms with Crippen LogP contribution in [0.25, 0.3) is 0 Å². The van der Waals surface area contributed by atoms with Crippen molar-refractivity contribution in [2.75, 3.05) is 6.61 Å². The molecule has 0 aliphatic rings. The number of rotatable bonds is 8. The highest BCUT2D eigenvalue weighted by atomic mass is 16.5. The van der Waals surface area contributed by atoms with Gasteiger partial charge in [-0.1, -0.05) is 27.7 Å². The highest BCUT2D eigenvalue weighted by molar-refractivity contribution is 5.83. The zero-order chi connectivity index (χ0) is 12.8. The fourth-order valence-corrected chi connectivity index (χ4v) is 1.22. The van der Waals surface area contributed by atoms with Crippen molar-refractivity contribution < 1.29 is 9.53 Å². The molecule has 0 heterocycles. The maximum absolute atomic E-state index is 11.8. The molecule has 0 amide bonds. The summed E-state index contributed by atoms with van der Waals surface area (Å²) in [5.41, 5.74) is -0.219. The number of carbonyl (C=O) groups excluding carboxylic acids is 1. The number of hydrogen-bond acceptors (Lipinski definition) is 2. The van der Waals surface area contributed by atoms with Crippen molar-refractivity contribution in [1.82, 2.24) is 0 Å². The predicted molar refractivity (Wildman–Crippen MR) is 68.6 cm³/mol. The van der Waals surface area contributed by atoms with Crippen LogP contribution >= 0.6 is 0 Å². The first-order valence-corrected chi connectivity index (χ1v) is 6.42. The summed E-state index contributed by atoms with van der Waals surface area (Å²) in [5.74, 6) is 0.355. The highest BCUT2D eigenvalue weighted by Gasteiger charge is 2.24. The average Bonchev–Trinajstić information content (AvgIpc) is 2.24. The van der Waals surface area contributed by atoms with E-state index >= 15 is 0 Å². The number of Topliss-reactive ketones (excluding diaryl/α,β-unsaturated/α-hetero) is 1. The molecule has 0 saturated heterocycles. The molecule has 2 nitrogen and oxygen atoms in total. The van der Waals surface area contributed by atoms with Crippen molar-refractivity contribution in [2.45, 2.75) is 72.8 Å². The summed E-state index contributed by atoms with van der Waals surface area (Å²) < 4.78 is 5.72. The first kappa shape index (κ1) is 15.6. The van der Waals surface area contributed by atoms with Gasteiger partial charge in [-0.3, -0.25) is 4.79 Å². The first-order valence-electron chi connectivity index (χ1n) is 6.42. The first-order chi connectivity index (χ1) is 7.25. The quantitative estimate of drug-likeness (QED) is 0.587. The van der Waals surface area contributed by atoms with E-state index in [4.69, 9.17) is 4.74 Å². The Kier molecular flexibility index (Phi) is 6.24. The van der Waals surface area contributed by atoms with Crippen molar-refractivity contribution in [3.8, 4) is 0 Å². The Morgan fingerprint density at radius 1 is 1.06 bits per heavy atom. The van der Waals surface area contributed by atoms with Gasteiger partial charge in [-0.05, 0) is 33.1 Å². The van der Waals surface area contributed by atoms with Gasteiger partial charge < -0.3 is 4.74 Å². The van der Waals surface area contributed by atoms with Crippen LogP contribution < -0.4 is 0 Å². The smallest absolute Gasteiger partial charge is 0.138 e. The van der Waals surface area contributed by atoms with Crippen LogP contribution in [0, 0.1) is 5.41 Å². The van der Waals surface area contributed by atoms with Gasteiger partial charge in [0.2, 0.25) is 0 Å². The summed E-state index contributed by atoms with van der Waals surface area (Å²) >= 11 is 0. The Morgan fingerprint density at radius 2 is 1.62 bits per heavy atom. The van der Waals surface area contributed by atoms with E-state index in [0.29, 0.717) is 18.8 Å². The van der Waals surface area contributed by atoms with E-state index in [9.17, 15) is 4.79 Å². The maximum Gasteiger partial charge on any atom is 0.138 e. The van der Waals surface area contributed by atoms with Crippen molar-refractivity contribution in [2.24, 2.45) is 5.41 Å². The molecule has 0 aliphatic carbocycles. The SMILES string of the molecule is CCC(C)(C)OCCCC(=O)C(C)(C)CC. The van der Waals surface area contributed by atoms with E-state index in [2.05, 4.69) is 27.7 Å². The summed E-state index contributed by atoms with van der Waals surface area (Å²) in [4.78, 5) is 11.8. The second kappa shape index (κ2) is 6.39. The van der Waals surface area contributed by atoms with Crippen LogP contribution in [0.2, 0.25) is 0 Å². The zero-order valence-corrected chi connectivity index (χ0v) is 11.9. The third kappa shape index (κ3) is 5.64. The van der Waals surface area contributed by atoms with Gasteiger partial charge in [0.05, 0.1) is 5.60 Å². The summed E-state index contributed by atoms with van der Waals surface area (Å²) in [6.07, 6.45) is 3.39. The van der Waals surface area contributed by atoms with E-state index in [-0.39, 0.29) is 11.0 Å². The van der Waals surface area contributed by atoms with E-state index in [1.165, 1.54) is 0 Å². The van der Waals surface area contributed by atoms with E-state index < -0.39 is 0 Å². The summed E-state index contributed by atoms with van der Waals surface area (Å²) in [5, 5.41) is 0. The van der Waals surface area contributed by atoms with Crippen LogP contribution in [0.1, 0.15) is 67.2 Å². The Balaban J connectivity index is 3.80. The Labute approximate surface area is 101 Å². The molecule has 0 fully saturated rings. The topological polar surface area (TPSA) is 26.3 Å². The fourth-order valence-electron chi connectivity index (χ4n) is 1.22. The molecule has 0 spiro atoms. The van der Waals surface area contributed by atoms with Crippen LogP contribution in [0.4, 0.5) is 0 Å². The number of ether oxygens (including phenoxy) is 1. The molecule has 0 rings (SSSR count). The minimum absolute atomic E-state index is 0.0523. The van der Waals surface area contributed by atoms with Crippen LogP contribution in [0.3, 0.4) is 0 Å². The lowest BCUT2D eigenvalue weighted by atomic mass is 9.83. The lowest BCUT2D eigenvalue weighted by molar-refractivity contribution is -0.128. The average molecular weight is 228 g/mol. The molecule has 16 heavy (non-hydrogen) atoms. The molecule has 0 unspecified atom stereocenters. The number of hydrogen-bond donors (Lipinski definition) is 0. The molecule has 0 N–H and O–H groups in total. The van der Waals surface area contributed by atoms with Crippen molar-refractivity contribution >= 4 is 5.78 Å². The van der Waals surface area contributed by atoms with Crippen LogP contribution in [-0.2, 0) is 9.53 Å². The third-order valence-corrected chi connectivity index (χ3v) is 3.53. The lowest BCUT2D eigenvalue weighted by Gasteiger charge is -2.24. The maximum atomic E-state index is 11.8. The molecular weight excluding hydrogens is 200 g/mol. The highest BCUT2D eigenvalue weighted by Crippen LogP contribution is 2.23. The van der Waals surface area contributed by atoms with Crippen molar-refractivity contribution in [3.63, 3.8) is 0 Å². The minimum atomic E-state index is -0.166. The van der Waals surface area contributed by atoms with Crippen LogP contribution in [0.15, 0.2) is 0 Å². The van der Waals surface area contributed by atoms with Gasteiger partial charge in [0.15, 0.2) is 0 Å². The molecule has 2 heteroatoms. The van der Waals surface area contributed by atoms with E-state index in [1.54, 1.807) is 0 Å². The number of carbonyl (C=O) groups is 1. The van der Waals surface area contributed by atoms with Crippen LogP contribution in [-0.4, -0.2) is 18.0 Å². The molecule has 0 aromatic carbocycles. The van der Waals surface area contributed by atoms with E-state index in [0.717, 1.165) is 19.3 Å². The molecule has 96 valence electrons. The zero-order valence-electron chi connectivity index (χ0n) is 11.9. The fraction of sp³-hybridized carbons (Fsp3) is 0.929. The molecule has 0 aromatic rings. The van der Waals surface area contributed by atoms with Crippen LogP contribution in [0.5, 0.6) is 0 Å². The molecule has 0 radical (unpaired) electrons. The molecule has 0 aliphatic heterocycles. The minimum Gasteiger partial charge on any atom is -0.376 e. The normalized spacial score (nSPS) is 12.9. The molecular formula is C14H28O2. The van der Waals surface area contributed by atoms with Gasteiger partial charge in [-0.25, -0.2) is 0 Å². The Bertz CT molecular complexity index is 217. The standard InChI is InChI=1S/C14H28O2/c1-7-13(3,4)12(15)10-9-11-16-14(5,6)8-2/h7-11H2,1-6H3. The predicted octanol–water partition coefficient (Wildman–Crippen LogP) is 3.98.